The summed E-state index contributed by atoms with van der Waals surface area (Å²) in [5.41, 5.74) is 1.07. The molecule has 1 aliphatic rings. The molecule has 6 nitrogen and oxygen atoms in total. The first-order valence-electron chi connectivity index (χ1n) is 8.42. The Labute approximate surface area is 156 Å². The van der Waals surface area contributed by atoms with Crippen molar-refractivity contribution >= 4 is 27.6 Å². The minimum Gasteiger partial charge on any atom is -0.493 e. The molecule has 25 heavy (non-hydrogen) atoms. The van der Waals surface area contributed by atoms with E-state index >= 15 is 0 Å². The fraction of sp³-hybridized carbons (Fsp3) is 0.444. The van der Waals surface area contributed by atoms with E-state index in [1.54, 1.807) is 20.5 Å². The fourth-order valence-electron chi connectivity index (χ4n) is 3.01. The first kappa shape index (κ1) is 17.8. The third-order valence-corrected chi connectivity index (χ3v) is 4.89. The highest BCUT2D eigenvalue weighted by molar-refractivity contribution is 9.10. The van der Waals surface area contributed by atoms with Crippen LogP contribution in [0, 0.1) is 0 Å². The molecule has 0 atom stereocenters. The lowest BCUT2D eigenvalue weighted by Gasteiger charge is -2.27. The average molecular weight is 407 g/mol. The monoisotopic (exact) mass is 406 g/mol. The summed E-state index contributed by atoms with van der Waals surface area (Å²) >= 11 is 3.52. The molecule has 0 saturated carbocycles. The lowest BCUT2D eigenvalue weighted by Crippen LogP contribution is -2.30. The molecule has 0 radical (unpaired) electrons. The van der Waals surface area contributed by atoms with Gasteiger partial charge in [-0.2, -0.15) is 0 Å². The Balaban J connectivity index is 1.70. The zero-order valence-electron chi connectivity index (χ0n) is 14.6. The number of rotatable bonds is 6. The van der Waals surface area contributed by atoms with E-state index in [4.69, 9.17) is 9.47 Å². The first-order chi connectivity index (χ1) is 12.2. The summed E-state index contributed by atoms with van der Waals surface area (Å²) in [5.74, 6) is 3.21. The van der Waals surface area contributed by atoms with Crippen LogP contribution < -0.4 is 19.7 Å². The molecule has 2 aromatic rings. The van der Waals surface area contributed by atoms with Crippen molar-refractivity contribution in [3.8, 4) is 11.5 Å². The second-order valence-electron chi connectivity index (χ2n) is 5.98. The number of anilines is 2. The van der Waals surface area contributed by atoms with Crippen LogP contribution in [0.4, 0.5) is 11.6 Å². The van der Waals surface area contributed by atoms with E-state index in [2.05, 4.69) is 36.1 Å². The standard InChI is InChI=1S/C18H23BrN4O2/c1-24-15-9-13(8-14(19)18(15)25-2)11-20-16-10-17(22-12-21-16)23-6-4-3-5-7-23/h8-10,12H,3-7,11H2,1-2H3,(H,20,21,22). The number of piperidine rings is 1. The summed E-state index contributed by atoms with van der Waals surface area (Å²) in [6, 6.07) is 5.99. The quantitative estimate of drug-likeness (QED) is 0.785. The topological polar surface area (TPSA) is 59.5 Å². The first-order valence-corrected chi connectivity index (χ1v) is 9.22. The van der Waals surface area contributed by atoms with Gasteiger partial charge in [-0.3, -0.25) is 0 Å². The maximum absolute atomic E-state index is 5.39. The smallest absolute Gasteiger partial charge is 0.174 e. The van der Waals surface area contributed by atoms with Crippen molar-refractivity contribution < 1.29 is 9.47 Å². The Morgan fingerprint density at radius 1 is 1.08 bits per heavy atom. The van der Waals surface area contributed by atoms with Gasteiger partial charge in [-0.05, 0) is 52.9 Å². The van der Waals surface area contributed by atoms with E-state index in [0.29, 0.717) is 18.0 Å². The molecule has 1 aromatic heterocycles. The van der Waals surface area contributed by atoms with Crippen LogP contribution in [-0.2, 0) is 6.54 Å². The van der Waals surface area contributed by atoms with Crippen molar-refractivity contribution in [1.82, 2.24) is 9.97 Å². The van der Waals surface area contributed by atoms with Crippen LogP contribution in [0.25, 0.3) is 0 Å². The van der Waals surface area contributed by atoms with Gasteiger partial charge in [0.2, 0.25) is 0 Å². The van der Waals surface area contributed by atoms with E-state index in [0.717, 1.165) is 34.8 Å². The van der Waals surface area contributed by atoms with Crippen molar-refractivity contribution in [2.45, 2.75) is 25.8 Å². The molecule has 1 fully saturated rings. The Morgan fingerprint density at radius 2 is 1.88 bits per heavy atom. The van der Waals surface area contributed by atoms with Gasteiger partial charge in [-0.1, -0.05) is 0 Å². The second-order valence-corrected chi connectivity index (χ2v) is 6.83. The molecule has 1 saturated heterocycles. The Bertz CT molecular complexity index is 720. The zero-order valence-corrected chi connectivity index (χ0v) is 16.2. The average Bonchev–Trinajstić information content (AvgIpc) is 2.66. The van der Waals surface area contributed by atoms with Gasteiger partial charge < -0.3 is 19.7 Å². The molecule has 3 rings (SSSR count). The van der Waals surface area contributed by atoms with E-state index in [1.165, 1.54) is 19.3 Å². The lowest BCUT2D eigenvalue weighted by atomic mass is 10.1. The molecule has 0 unspecified atom stereocenters. The molecule has 7 heteroatoms. The highest BCUT2D eigenvalue weighted by Gasteiger charge is 2.13. The summed E-state index contributed by atoms with van der Waals surface area (Å²) in [6.45, 7) is 2.77. The lowest BCUT2D eigenvalue weighted by molar-refractivity contribution is 0.352. The van der Waals surface area contributed by atoms with Gasteiger partial charge in [0.15, 0.2) is 11.5 Å². The van der Waals surface area contributed by atoms with Crippen LogP contribution in [0.2, 0.25) is 0 Å². The maximum atomic E-state index is 5.39. The molecule has 1 N–H and O–H groups in total. The van der Waals surface area contributed by atoms with Crippen LogP contribution in [-0.4, -0.2) is 37.3 Å². The summed E-state index contributed by atoms with van der Waals surface area (Å²) < 4.78 is 11.6. The van der Waals surface area contributed by atoms with Crippen molar-refractivity contribution in [3.05, 3.63) is 34.6 Å². The van der Waals surface area contributed by atoms with Gasteiger partial charge in [0.1, 0.15) is 18.0 Å². The second kappa shape index (κ2) is 8.38. The van der Waals surface area contributed by atoms with Crippen LogP contribution in [0.3, 0.4) is 0 Å². The fourth-order valence-corrected chi connectivity index (χ4v) is 3.66. The summed E-state index contributed by atoms with van der Waals surface area (Å²) in [5, 5.41) is 3.36. The number of aromatic nitrogens is 2. The number of halogens is 1. The van der Waals surface area contributed by atoms with Crippen molar-refractivity contribution in [3.63, 3.8) is 0 Å². The number of nitrogens with one attached hydrogen (secondary N) is 1. The van der Waals surface area contributed by atoms with Gasteiger partial charge in [-0.15, -0.1) is 0 Å². The third-order valence-electron chi connectivity index (χ3n) is 4.30. The highest BCUT2D eigenvalue weighted by atomic mass is 79.9. The molecular weight excluding hydrogens is 384 g/mol. The minimum absolute atomic E-state index is 0.634. The number of ether oxygens (including phenoxy) is 2. The third kappa shape index (κ3) is 4.34. The zero-order chi connectivity index (χ0) is 17.6. The van der Waals surface area contributed by atoms with Crippen LogP contribution >= 0.6 is 15.9 Å². The summed E-state index contributed by atoms with van der Waals surface area (Å²) in [4.78, 5) is 11.1. The number of methoxy groups -OCH3 is 2. The molecular formula is C18H23BrN4O2. The number of nitrogens with zero attached hydrogens (tertiary/aromatic N) is 3. The highest BCUT2D eigenvalue weighted by Crippen LogP contribution is 2.36. The van der Waals surface area contributed by atoms with Crippen LogP contribution in [0.15, 0.2) is 29.0 Å². The SMILES string of the molecule is COc1cc(CNc2cc(N3CCCCC3)ncn2)cc(Br)c1OC. The summed E-state index contributed by atoms with van der Waals surface area (Å²) in [6.07, 6.45) is 5.39. The van der Waals surface area contributed by atoms with Crippen molar-refractivity contribution in [2.24, 2.45) is 0 Å². The van der Waals surface area contributed by atoms with Gasteiger partial charge in [0.25, 0.3) is 0 Å². The Hall–Kier alpha value is -2.02. The Kier molecular flexibility index (Phi) is 5.96. The molecule has 134 valence electrons. The minimum atomic E-state index is 0.634. The molecule has 0 bridgehead atoms. The number of hydrogen-bond acceptors (Lipinski definition) is 6. The molecule has 0 spiro atoms. The molecule has 1 aliphatic heterocycles. The van der Waals surface area contributed by atoms with Gasteiger partial charge in [-0.25, -0.2) is 9.97 Å². The molecule has 1 aromatic carbocycles. The van der Waals surface area contributed by atoms with E-state index in [9.17, 15) is 0 Å². The predicted molar refractivity (Wildman–Crippen MR) is 103 cm³/mol. The number of benzene rings is 1. The van der Waals surface area contributed by atoms with Crippen LogP contribution in [0.1, 0.15) is 24.8 Å². The van der Waals surface area contributed by atoms with Crippen molar-refractivity contribution in [1.29, 1.82) is 0 Å². The molecule has 0 amide bonds. The predicted octanol–water partition coefficient (Wildman–Crippen LogP) is 3.86. The molecule has 0 aliphatic carbocycles. The van der Waals surface area contributed by atoms with Gasteiger partial charge in [0.05, 0.1) is 18.7 Å². The van der Waals surface area contributed by atoms with Crippen molar-refractivity contribution in [2.75, 3.05) is 37.5 Å². The number of hydrogen-bond donors (Lipinski definition) is 1. The largest absolute Gasteiger partial charge is 0.493 e. The summed E-state index contributed by atoms with van der Waals surface area (Å²) in [7, 11) is 3.26. The van der Waals surface area contributed by atoms with E-state index < -0.39 is 0 Å². The maximum Gasteiger partial charge on any atom is 0.174 e. The van der Waals surface area contributed by atoms with Gasteiger partial charge >= 0.3 is 0 Å². The van der Waals surface area contributed by atoms with Crippen LogP contribution in [0.5, 0.6) is 11.5 Å². The normalized spacial score (nSPS) is 14.3. The van der Waals surface area contributed by atoms with E-state index in [-0.39, 0.29) is 0 Å². The van der Waals surface area contributed by atoms with E-state index in [1.807, 2.05) is 18.2 Å². The van der Waals surface area contributed by atoms with Gasteiger partial charge in [0, 0.05) is 25.7 Å². The molecule has 2 heterocycles. The Morgan fingerprint density at radius 3 is 2.60 bits per heavy atom.